The maximum absolute atomic E-state index is 12.3. The average molecular weight is 395 g/mol. The Morgan fingerprint density at radius 2 is 1.83 bits per heavy atom. The SMILES string of the molecule is CCCCn1c([Se]c2cc(C)cc(C)c2)c(CC)c(=O)[nH]c1=S. The van der Waals surface area contributed by atoms with E-state index in [1.165, 1.54) is 15.6 Å². The molecular weight excluding hydrogens is 371 g/mol. The van der Waals surface area contributed by atoms with Gasteiger partial charge in [-0.25, -0.2) is 0 Å². The summed E-state index contributed by atoms with van der Waals surface area (Å²) in [6, 6.07) is 6.63. The predicted octanol–water partition coefficient (Wildman–Crippen LogP) is 2.54. The number of aromatic amines is 1. The van der Waals surface area contributed by atoms with Crippen LogP contribution in [0.2, 0.25) is 0 Å². The minimum absolute atomic E-state index is 0.0218. The van der Waals surface area contributed by atoms with Gasteiger partial charge >= 0.3 is 149 Å². The molecule has 1 heterocycles. The van der Waals surface area contributed by atoms with Gasteiger partial charge in [0.2, 0.25) is 0 Å². The Morgan fingerprint density at radius 1 is 1.17 bits per heavy atom. The van der Waals surface area contributed by atoms with Crippen molar-refractivity contribution in [3.8, 4) is 0 Å². The van der Waals surface area contributed by atoms with Crippen molar-refractivity contribution in [2.45, 2.75) is 53.5 Å². The van der Waals surface area contributed by atoms with Gasteiger partial charge in [-0.1, -0.05) is 0 Å². The number of nitrogens with zero attached hydrogens (tertiary/aromatic N) is 1. The Hall–Kier alpha value is -1.16. The van der Waals surface area contributed by atoms with Crippen molar-refractivity contribution in [3.63, 3.8) is 0 Å². The summed E-state index contributed by atoms with van der Waals surface area (Å²) in [5.41, 5.74) is 3.40. The molecule has 0 unspecified atom stereocenters. The van der Waals surface area contributed by atoms with Crippen LogP contribution < -0.4 is 14.6 Å². The second-order valence-corrected chi connectivity index (χ2v) is 8.44. The van der Waals surface area contributed by atoms with Crippen LogP contribution in [0.5, 0.6) is 0 Å². The number of nitrogens with one attached hydrogen (secondary N) is 1. The van der Waals surface area contributed by atoms with Crippen LogP contribution in [-0.2, 0) is 13.0 Å². The first kappa shape index (κ1) is 18.2. The summed E-state index contributed by atoms with van der Waals surface area (Å²) in [5.74, 6) is 0. The zero-order valence-corrected chi connectivity index (χ0v) is 16.8. The zero-order chi connectivity index (χ0) is 17.0. The second-order valence-electron chi connectivity index (χ2n) is 5.83. The molecule has 2 aromatic rings. The van der Waals surface area contributed by atoms with Gasteiger partial charge in [0.1, 0.15) is 0 Å². The van der Waals surface area contributed by atoms with E-state index < -0.39 is 0 Å². The number of aryl methyl sites for hydroxylation is 2. The summed E-state index contributed by atoms with van der Waals surface area (Å²) in [4.78, 5) is 15.2. The fourth-order valence-electron chi connectivity index (χ4n) is 2.64. The molecule has 0 atom stereocenters. The first-order valence-corrected chi connectivity index (χ1v) is 10.2. The summed E-state index contributed by atoms with van der Waals surface area (Å²) in [5, 5.41) is 0. The van der Waals surface area contributed by atoms with Gasteiger partial charge in [0.25, 0.3) is 0 Å². The number of hydrogen-bond donors (Lipinski definition) is 1. The normalized spacial score (nSPS) is 11.0. The van der Waals surface area contributed by atoms with E-state index in [2.05, 4.69) is 48.5 Å². The Kier molecular flexibility index (Phi) is 6.40. The van der Waals surface area contributed by atoms with Crippen molar-refractivity contribution in [3.05, 3.63) is 50.0 Å². The van der Waals surface area contributed by atoms with Gasteiger partial charge in [0.15, 0.2) is 0 Å². The van der Waals surface area contributed by atoms with Crippen LogP contribution in [0.1, 0.15) is 43.4 Å². The molecule has 0 radical (unpaired) electrons. The molecule has 0 saturated carbocycles. The molecule has 124 valence electrons. The van der Waals surface area contributed by atoms with E-state index in [4.69, 9.17) is 12.2 Å². The van der Waals surface area contributed by atoms with Gasteiger partial charge in [0, 0.05) is 0 Å². The number of rotatable bonds is 6. The molecule has 0 fully saturated rings. The topological polar surface area (TPSA) is 37.8 Å². The third-order valence-electron chi connectivity index (χ3n) is 3.74. The molecular formula is C18H24N2OSSe. The van der Waals surface area contributed by atoms with Crippen LogP contribution in [0, 0.1) is 18.6 Å². The molecule has 5 heteroatoms. The molecule has 23 heavy (non-hydrogen) atoms. The maximum atomic E-state index is 12.3. The molecule has 3 nitrogen and oxygen atoms in total. The van der Waals surface area contributed by atoms with Gasteiger partial charge in [-0.05, 0) is 0 Å². The Morgan fingerprint density at radius 3 is 2.39 bits per heavy atom. The number of benzene rings is 1. The van der Waals surface area contributed by atoms with E-state index in [1.54, 1.807) is 0 Å². The Bertz CT molecular complexity index is 787. The zero-order valence-electron chi connectivity index (χ0n) is 14.2. The summed E-state index contributed by atoms with van der Waals surface area (Å²) < 4.78 is 5.14. The molecule has 0 bridgehead atoms. The molecule has 1 N–H and O–H groups in total. The predicted molar refractivity (Wildman–Crippen MR) is 101 cm³/mol. The number of H-pyrrole nitrogens is 1. The van der Waals surface area contributed by atoms with Crippen molar-refractivity contribution in [2.24, 2.45) is 0 Å². The molecule has 1 aromatic carbocycles. The molecule has 2 rings (SSSR count). The van der Waals surface area contributed by atoms with Crippen LogP contribution >= 0.6 is 12.2 Å². The molecule has 0 aliphatic heterocycles. The van der Waals surface area contributed by atoms with Gasteiger partial charge < -0.3 is 0 Å². The number of hydrogen-bond acceptors (Lipinski definition) is 2. The first-order valence-electron chi connectivity index (χ1n) is 8.08. The molecule has 0 aliphatic carbocycles. The van der Waals surface area contributed by atoms with Crippen molar-refractivity contribution >= 4 is 36.2 Å². The monoisotopic (exact) mass is 396 g/mol. The standard InChI is InChI=1S/C18H24N2OSSe/c1-5-7-8-20-17(15(6-2)16(21)19-18(20)22)23-14-10-12(3)9-13(4)11-14/h9-11H,5-8H2,1-4H3,(H,19,21,22). The van der Waals surface area contributed by atoms with Gasteiger partial charge in [-0.2, -0.15) is 0 Å². The molecule has 0 saturated heterocycles. The summed E-state index contributed by atoms with van der Waals surface area (Å²) in [6.45, 7) is 9.33. The van der Waals surface area contributed by atoms with E-state index in [-0.39, 0.29) is 20.5 Å². The van der Waals surface area contributed by atoms with Crippen LogP contribution in [-0.4, -0.2) is 24.5 Å². The van der Waals surface area contributed by atoms with Crippen LogP contribution in [0.15, 0.2) is 23.0 Å². The Labute approximate surface area is 149 Å². The van der Waals surface area contributed by atoms with Crippen LogP contribution in [0.4, 0.5) is 0 Å². The molecule has 1 aromatic heterocycles. The summed E-state index contributed by atoms with van der Waals surface area (Å²) >= 11 is 5.51. The van der Waals surface area contributed by atoms with E-state index in [9.17, 15) is 4.79 Å². The van der Waals surface area contributed by atoms with Gasteiger partial charge in [-0.3, -0.25) is 0 Å². The number of aromatic nitrogens is 2. The molecule has 0 aliphatic rings. The summed E-state index contributed by atoms with van der Waals surface area (Å²) in [7, 11) is 0. The third kappa shape index (κ3) is 4.43. The van der Waals surface area contributed by atoms with Crippen LogP contribution in [0.25, 0.3) is 0 Å². The first-order chi connectivity index (χ1) is 11.0. The third-order valence-corrected chi connectivity index (χ3v) is 6.44. The van der Waals surface area contributed by atoms with Crippen molar-refractivity contribution < 1.29 is 0 Å². The molecule has 0 amide bonds. The second kappa shape index (κ2) is 8.09. The number of unbranched alkanes of at least 4 members (excludes halogenated alkanes) is 1. The average Bonchev–Trinajstić information content (AvgIpc) is 2.46. The van der Waals surface area contributed by atoms with E-state index in [0.29, 0.717) is 4.77 Å². The van der Waals surface area contributed by atoms with E-state index in [0.717, 1.165) is 36.0 Å². The minimum atomic E-state index is -0.0218. The van der Waals surface area contributed by atoms with Gasteiger partial charge in [0.05, 0.1) is 0 Å². The summed E-state index contributed by atoms with van der Waals surface area (Å²) in [6.07, 6.45) is 2.91. The van der Waals surface area contributed by atoms with Gasteiger partial charge in [-0.15, -0.1) is 0 Å². The van der Waals surface area contributed by atoms with Crippen molar-refractivity contribution in [1.29, 1.82) is 0 Å². The molecule has 0 spiro atoms. The van der Waals surface area contributed by atoms with Crippen LogP contribution in [0.3, 0.4) is 0 Å². The fourth-order valence-corrected chi connectivity index (χ4v) is 5.92. The van der Waals surface area contributed by atoms with E-state index >= 15 is 0 Å². The van der Waals surface area contributed by atoms with E-state index in [1.807, 2.05) is 6.92 Å². The van der Waals surface area contributed by atoms with Crippen molar-refractivity contribution in [1.82, 2.24) is 9.55 Å². The fraction of sp³-hybridized carbons (Fsp3) is 0.444. The Balaban J connectivity index is 2.57. The quantitative estimate of drug-likeness (QED) is 0.603. The van der Waals surface area contributed by atoms with Crippen molar-refractivity contribution in [2.75, 3.05) is 0 Å².